The first-order valence-corrected chi connectivity index (χ1v) is 10.4. The van der Waals surface area contributed by atoms with Gasteiger partial charge in [0.25, 0.3) is 5.91 Å². The first kappa shape index (κ1) is 21.0. The van der Waals surface area contributed by atoms with E-state index >= 15 is 0 Å². The van der Waals surface area contributed by atoms with E-state index < -0.39 is 16.0 Å². The van der Waals surface area contributed by atoms with Gasteiger partial charge in [-0.25, -0.2) is 13.1 Å². The number of amides is 1. The van der Waals surface area contributed by atoms with Crippen LogP contribution in [0.15, 0.2) is 23.1 Å². The largest absolute Gasteiger partial charge is 0.456 e. The second kappa shape index (κ2) is 9.55. The SMILES string of the molecule is O=C(CCNS(=O)(=O)c1c(Cl)cccc1Cl)OCC(=O)N1CCCCC1. The zero-order valence-corrected chi connectivity index (χ0v) is 16.4. The summed E-state index contributed by atoms with van der Waals surface area (Å²) >= 11 is 11.8. The fourth-order valence-electron chi connectivity index (χ4n) is 2.55. The van der Waals surface area contributed by atoms with Crippen molar-refractivity contribution in [3.8, 4) is 0 Å². The second-order valence-corrected chi connectivity index (χ2v) is 8.32. The molecule has 0 aliphatic carbocycles. The summed E-state index contributed by atoms with van der Waals surface area (Å²) in [6.07, 6.45) is 2.78. The van der Waals surface area contributed by atoms with E-state index in [0.717, 1.165) is 19.3 Å². The molecule has 2 rings (SSSR count). The molecular formula is C16H20Cl2N2O5S. The van der Waals surface area contributed by atoms with Crippen LogP contribution >= 0.6 is 23.2 Å². The van der Waals surface area contributed by atoms with Gasteiger partial charge in [0.05, 0.1) is 16.5 Å². The first-order chi connectivity index (χ1) is 12.3. The third kappa shape index (κ3) is 5.84. The van der Waals surface area contributed by atoms with Crippen molar-refractivity contribution in [3.63, 3.8) is 0 Å². The predicted molar refractivity (Wildman–Crippen MR) is 97.7 cm³/mol. The monoisotopic (exact) mass is 422 g/mol. The molecule has 1 heterocycles. The number of carbonyl (C=O) groups excluding carboxylic acids is 2. The van der Waals surface area contributed by atoms with E-state index in [1.807, 2.05) is 0 Å². The van der Waals surface area contributed by atoms with Crippen LogP contribution in [-0.2, 0) is 24.3 Å². The van der Waals surface area contributed by atoms with E-state index in [1.165, 1.54) is 18.2 Å². The van der Waals surface area contributed by atoms with Crippen molar-refractivity contribution in [3.05, 3.63) is 28.2 Å². The Kier molecular flexibility index (Phi) is 7.69. The number of rotatable bonds is 7. The number of halogens is 2. The number of benzene rings is 1. The minimum Gasteiger partial charge on any atom is -0.456 e. The maximum atomic E-state index is 12.2. The van der Waals surface area contributed by atoms with Gasteiger partial charge in [0, 0.05) is 19.6 Å². The topological polar surface area (TPSA) is 92.8 Å². The lowest BCUT2D eigenvalue weighted by atomic mass is 10.1. The van der Waals surface area contributed by atoms with Gasteiger partial charge in [-0.15, -0.1) is 0 Å². The molecule has 10 heteroatoms. The Labute approximate surface area is 162 Å². The van der Waals surface area contributed by atoms with E-state index in [0.29, 0.717) is 13.1 Å². The van der Waals surface area contributed by atoms with Gasteiger partial charge in [0.15, 0.2) is 6.61 Å². The third-order valence-electron chi connectivity index (χ3n) is 3.87. The molecule has 1 aromatic carbocycles. The van der Waals surface area contributed by atoms with Gasteiger partial charge in [0.2, 0.25) is 10.0 Å². The molecule has 0 aromatic heterocycles. The second-order valence-electron chi connectivity index (χ2n) is 5.80. The molecule has 1 N–H and O–H groups in total. The molecule has 1 aromatic rings. The number of likely N-dealkylation sites (tertiary alicyclic amines) is 1. The number of nitrogens with one attached hydrogen (secondary N) is 1. The average Bonchev–Trinajstić information content (AvgIpc) is 2.60. The summed E-state index contributed by atoms with van der Waals surface area (Å²) in [5, 5.41) is -0.0283. The molecule has 0 saturated carbocycles. The molecule has 26 heavy (non-hydrogen) atoms. The molecule has 0 atom stereocenters. The Morgan fingerprint density at radius 3 is 2.35 bits per heavy atom. The maximum absolute atomic E-state index is 12.2. The zero-order chi connectivity index (χ0) is 19.2. The number of nitrogens with zero attached hydrogens (tertiary/aromatic N) is 1. The van der Waals surface area contributed by atoms with E-state index in [1.54, 1.807) is 4.90 Å². The molecule has 1 aliphatic rings. The van der Waals surface area contributed by atoms with Crippen LogP contribution in [0.1, 0.15) is 25.7 Å². The molecule has 7 nitrogen and oxygen atoms in total. The van der Waals surface area contributed by atoms with Gasteiger partial charge in [0.1, 0.15) is 4.90 Å². The lowest BCUT2D eigenvalue weighted by Gasteiger charge is -2.26. The molecule has 0 bridgehead atoms. The smallest absolute Gasteiger partial charge is 0.307 e. The Bertz CT molecular complexity index is 744. The summed E-state index contributed by atoms with van der Waals surface area (Å²) in [6, 6.07) is 4.34. The van der Waals surface area contributed by atoms with Crippen LogP contribution < -0.4 is 4.72 Å². The molecule has 1 saturated heterocycles. The molecule has 0 spiro atoms. The standard InChI is InChI=1S/C16H20Cl2N2O5S/c17-12-5-4-6-13(18)16(12)26(23,24)19-8-7-15(22)25-11-14(21)20-9-2-1-3-10-20/h4-6,19H,1-3,7-11H2. The Hall–Kier alpha value is -1.35. The van der Waals surface area contributed by atoms with Gasteiger partial charge in [-0.1, -0.05) is 29.3 Å². The van der Waals surface area contributed by atoms with Gasteiger partial charge >= 0.3 is 5.97 Å². The minimum atomic E-state index is -3.96. The number of hydrogen-bond acceptors (Lipinski definition) is 5. The van der Waals surface area contributed by atoms with E-state index in [9.17, 15) is 18.0 Å². The summed E-state index contributed by atoms with van der Waals surface area (Å²) < 4.78 is 31.6. The van der Waals surface area contributed by atoms with Crippen LogP contribution in [0, 0.1) is 0 Å². The highest BCUT2D eigenvalue weighted by Gasteiger charge is 2.22. The molecule has 1 amide bonds. The molecule has 0 unspecified atom stereocenters. The first-order valence-electron chi connectivity index (χ1n) is 8.18. The molecule has 1 fully saturated rings. The number of ether oxygens (including phenoxy) is 1. The van der Waals surface area contributed by atoms with Crippen LogP contribution in [0.3, 0.4) is 0 Å². The number of piperidine rings is 1. The predicted octanol–water partition coefficient (Wildman–Crippen LogP) is 2.22. The number of carbonyl (C=O) groups is 2. The van der Waals surface area contributed by atoms with E-state index in [-0.39, 0.29) is 40.4 Å². The van der Waals surface area contributed by atoms with Crippen LogP contribution in [-0.4, -0.2) is 51.4 Å². The van der Waals surface area contributed by atoms with Gasteiger partial charge in [-0.3, -0.25) is 9.59 Å². The van der Waals surface area contributed by atoms with Gasteiger partial charge < -0.3 is 9.64 Å². The molecule has 0 radical (unpaired) electrons. The lowest BCUT2D eigenvalue weighted by molar-refractivity contribution is -0.152. The Morgan fingerprint density at radius 1 is 1.12 bits per heavy atom. The molecule has 1 aliphatic heterocycles. The highest BCUT2D eigenvalue weighted by molar-refractivity contribution is 7.89. The fourth-order valence-corrected chi connectivity index (χ4v) is 4.72. The van der Waals surface area contributed by atoms with Crippen molar-refractivity contribution < 1.29 is 22.7 Å². The number of esters is 1. The van der Waals surface area contributed by atoms with Gasteiger partial charge in [-0.2, -0.15) is 0 Å². The normalized spacial score (nSPS) is 14.9. The van der Waals surface area contributed by atoms with Crippen molar-refractivity contribution in [2.45, 2.75) is 30.6 Å². The molecular weight excluding hydrogens is 403 g/mol. The summed E-state index contributed by atoms with van der Waals surface area (Å²) in [7, 11) is -3.96. The van der Waals surface area contributed by atoms with Crippen molar-refractivity contribution >= 4 is 45.1 Å². The average molecular weight is 423 g/mol. The summed E-state index contributed by atoms with van der Waals surface area (Å²) in [5.74, 6) is -0.898. The van der Waals surface area contributed by atoms with E-state index in [4.69, 9.17) is 27.9 Å². The lowest BCUT2D eigenvalue weighted by Crippen LogP contribution is -2.38. The zero-order valence-electron chi connectivity index (χ0n) is 14.0. The highest BCUT2D eigenvalue weighted by Crippen LogP contribution is 2.28. The summed E-state index contributed by atoms with van der Waals surface area (Å²) in [4.78, 5) is 25.0. The van der Waals surface area contributed by atoms with Gasteiger partial charge in [-0.05, 0) is 31.4 Å². The summed E-state index contributed by atoms with van der Waals surface area (Å²) in [6.45, 7) is 0.825. The van der Waals surface area contributed by atoms with Crippen molar-refractivity contribution in [1.29, 1.82) is 0 Å². The number of hydrogen-bond donors (Lipinski definition) is 1. The number of sulfonamides is 1. The van der Waals surface area contributed by atoms with Crippen LogP contribution in [0.4, 0.5) is 0 Å². The highest BCUT2D eigenvalue weighted by atomic mass is 35.5. The Morgan fingerprint density at radius 2 is 1.73 bits per heavy atom. The quantitative estimate of drug-likeness (QED) is 0.679. The Balaban J connectivity index is 1.78. The van der Waals surface area contributed by atoms with Crippen molar-refractivity contribution in [2.24, 2.45) is 0 Å². The minimum absolute atomic E-state index is 0.0142. The van der Waals surface area contributed by atoms with Crippen LogP contribution in [0.5, 0.6) is 0 Å². The summed E-state index contributed by atoms with van der Waals surface area (Å²) in [5.41, 5.74) is 0. The van der Waals surface area contributed by atoms with E-state index in [2.05, 4.69) is 4.72 Å². The van der Waals surface area contributed by atoms with Crippen molar-refractivity contribution in [1.82, 2.24) is 9.62 Å². The third-order valence-corrected chi connectivity index (χ3v) is 6.29. The fraction of sp³-hybridized carbons (Fsp3) is 0.500. The van der Waals surface area contributed by atoms with Crippen molar-refractivity contribution in [2.75, 3.05) is 26.2 Å². The maximum Gasteiger partial charge on any atom is 0.307 e. The molecule has 144 valence electrons. The van der Waals surface area contributed by atoms with Crippen LogP contribution in [0.2, 0.25) is 10.0 Å². The van der Waals surface area contributed by atoms with Crippen LogP contribution in [0.25, 0.3) is 0 Å².